The van der Waals surface area contributed by atoms with Crippen molar-refractivity contribution < 1.29 is 27.5 Å². The van der Waals surface area contributed by atoms with E-state index in [4.69, 9.17) is 4.74 Å². The Labute approximate surface area is 206 Å². The van der Waals surface area contributed by atoms with Crippen LogP contribution in [0.15, 0.2) is 4.34 Å². The number of aromatic nitrogens is 2. The Balaban J connectivity index is 0.00000324. The SMILES string of the molecule is CC(=O)Nc1nnc(S(=O)(=O)NC(=O)CO[C@@H]2C[C@@H]3C[C@H]2N[C@@H]3C(=O)N2CCC[C@H]2C#N)s1.Cl. The minimum Gasteiger partial charge on any atom is -0.367 e. The average Bonchev–Trinajstić information content (AvgIpc) is 3.54. The van der Waals surface area contributed by atoms with E-state index in [1.54, 1.807) is 4.90 Å². The zero-order chi connectivity index (χ0) is 23.8. The molecule has 1 aliphatic carbocycles. The topological polar surface area (TPSA) is 183 Å². The van der Waals surface area contributed by atoms with Crippen molar-refractivity contribution in [3.63, 3.8) is 0 Å². The maximum Gasteiger partial charge on any atom is 0.293 e. The van der Waals surface area contributed by atoms with Gasteiger partial charge in [-0.3, -0.25) is 14.4 Å². The van der Waals surface area contributed by atoms with Crippen LogP contribution in [0.1, 0.15) is 32.6 Å². The van der Waals surface area contributed by atoms with E-state index in [0.29, 0.717) is 37.1 Å². The fourth-order valence-corrected chi connectivity index (χ4v) is 6.50. The van der Waals surface area contributed by atoms with Crippen LogP contribution in [0.25, 0.3) is 0 Å². The molecule has 5 atom stereocenters. The lowest BCUT2D eigenvalue weighted by Crippen LogP contribution is -2.54. The number of hydrogen-bond donors (Lipinski definition) is 3. The number of carbonyl (C=O) groups is 3. The average molecular weight is 534 g/mol. The van der Waals surface area contributed by atoms with Gasteiger partial charge in [-0.15, -0.1) is 22.6 Å². The number of anilines is 1. The maximum atomic E-state index is 12.8. The Morgan fingerprint density at radius 1 is 1.32 bits per heavy atom. The summed E-state index contributed by atoms with van der Waals surface area (Å²) in [4.78, 5) is 37.7. The molecule has 2 aliphatic heterocycles. The van der Waals surface area contributed by atoms with Crippen LogP contribution in [0, 0.1) is 17.2 Å². The number of nitrogens with one attached hydrogen (secondary N) is 3. The predicted molar refractivity (Wildman–Crippen MR) is 120 cm³/mol. The van der Waals surface area contributed by atoms with Crippen LogP contribution in [-0.2, 0) is 29.1 Å². The molecule has 0 spiro atoms. The number of amides is 3. The molecule has 1 aromatic heterocycles. The molecule has 2 saturated heterocycles. The number of sulfonamides is 1. The van der Waals surface area contributed by atoms with Crippen molar-refractivity contribution in [1.82, 2.24) is 25.1 Å². The summed E-state index contributed by atoms with van der Waals surface area (Å²) in [5.74, 6) is -1.32. The van der Waals surface area contributed by atoms with E-state index in [1.807, 2.05) is 4.72 Å². The summed E-state index contributed by atoms with van der Waals surface area (Å²) in [5, 5.41) is 21.8. The molecule has 3 heterocycles. The van der Waals surface area contributed by atoms with Crippen LogP contribution in [0.2, 0.25) is 0 Å². The van der Waals surface area contributed by atoms with E-state index < -0.39 is 32.8 Å². The lowest BCUT2D eigenvalue weighted by Gasteiger charge is -2.32. The number of likely N-dealkylation sites (tertiary alicyclic amines) is 1. The molecule has 16 heteroatoms. The molecule has 2 bridgehead atoms. The van der Waals surface area contributed by atoms with Crippen molar-refractivity contribution in [3.8, 4) is 6.07 Å². The van der Waals surface area contributed by atoms with Crippen molar-refractivity contribution in [2.24, 2.45) is 5.92 Å². The summed E-state index contributed by atoms with van der Waals surface area (Å²) in [6.45, 7) is 1.35. The number of ether oxygens (including phenoxy) is 1. The number of fused-ring (bicyclic) bond motifs is 2. The fraction of sp³-hybridized carbons (Fsp3) is 0.667. The van der Waals surface area contributed by atoms with Crippen molar-refractivity contribution >= 4 is 56.6 Å². The standard InChI is InChI=1S/C18H23N7O6S2.ClH/c1-9(26)20-17-22-23-18(32-17)33(29,30)24-14(27)8-31-13-6-10-5-12(13)21-15(10)16(28)25-4-2-3-11(25)7-19;/h10-13,15,21H,2-6,8H2,1H3,(H,24,27)(H,20,22,26);1H/t10-,11-,12+,13+,15-;/m0./s1. The molecule has 0 unspecified atom stereocenters. The molecule has 3 amide bonds. The highest BCUT2D eigenvalue weighted by Gasteiger charge is 2.50. The number of nitrogens with zero attached hydrogens (tertiary/aromatic N) is 4. The normalized spacial score (nSPS) is 27.6. The molecule has 0 aromatic carbocycles. The second-order valence-corrected chi connectivity index (χ2v) is 11.1. The Morgan fingerprint density at radius 2 is 2.09 bits per heavy atom. The minimum absolute atomic E-state index is 0. The monoisotopic (exact) mass is 533 g/mol. The second-order valence-electron chi connectivity index (χ2n) is 8.23. The van der Waals surface area contributed by atoms with Gasteiger partial charge in [0, 0.05) is 19.5 Å². The molecule has 34 heavy (non-hydrogen) atoms. The molecule has 3 aliphatic rings. The van der Waals surface area contributed by atoms with E-state index in [2.05, 4.69) is 26.9 Å². The Kier molecular flexibility index (Phi) is 8.09. The summed E-state index contributed by atoms with van der Waals surface area (Å²) in [6, 6.07) is 1.31. The largest absolute Gasteiger partial charge is 0.367 e. The van der Waals surface area contributed by atoms with Gasteiger partial charge in [-0.1, -0.05) is 11.3 Å². The van der Waals surface area contributed by atoms with Crippen molar-refractivity contribution in [2.75, 3.05) is 18.5 Å². The van der Waals surface area contributed by atoms with Crippen molar-refractivity contribution in [3.05, 3.63) is 0 Å². The molecular formula is C18H24ClN7O6S2. The molecule has 1 aromatic rings. The third-order valence-electron chi connectivity index (χ3n) is 5.95. The first-order valence-electron chi connectivity index (χ1n) is 10.4. The van der Waals surface area contributed by atoms with Crippen LogP contribution in [0.5, 0.6) is 0 Å². The zero-order valence-electron chi connectivity index (χ0n) is 18.1. The zero-order valence-corrected chi connectivity index (χ0v) is 20.5. The highest BCUT2D eigenvalue weighted by Crippen LogP contribution is 2.38. The summed E-state index contributed by atoms with van der Waals surface area (Å²) in [6.07, 6.45) is 2.46. The predicted octanol–water partition coefficient (Wildman–Crippen LogP) is -0.627. The van der Waals surface area contributed by atoms with E-state index in [9.17, 15) is 28.1 Å². The smallest absolute Gasteiger partial charge is 0.293 e. The van der Waals surface area contributed by atoms with Crippen LogP contribution in [-0.4, -0.2) is 78.6 Å². The molecular weight excluding hydrogens is 510 g/mol. The number of piperidine rings is 1. The van der Waals surface area contributed by atoms with Crippen molar-refractivity contribution in [2.45, 2.75) is 61.2 Å². The number of rotatable bonds is 7. The lowest BCUT2D eigenvalue weighted by atomic mass is 9.97. The Morgan fingerprint density at radius 3 is 2.74 bits per heavy atom. The molecule has 0 radical (unpaired) electrons. The Bertz CT molecular complexity index is 1110. The molecule has 3 N–H and O–H groups in total. The molecule has 4 rings (SSSR count). The summed E-state index contributed by atoms with van der Waals surface area (Å²) in [5.41, 5.74) is 0. The van der Waals surface area contributed by atoms with E-state index in [-0.39, 0.29) is 53.6 Å². The third-order valence-corrected chi connectivity index (χ3v) is 8.53. The van der Waals surface area contributed by atoms with Gasteiger partial charge in [0.25, 0.3) is 20.3 Å². The third kappa shape index (κ3) is 5.47. The number of halogens is 1. The van der Waals surface area contributed by atoms with Gasteiger partial charge in [-0.05, 0) is 31.6 Å². The van der Waals surface area contributed by atoms with Crippen LogP contribution < -0.4 is 15.4 Å². The van der Waals surface area contributed by atoms with Gasteiger partial charge in [-0.2, -0.15) is 13.7 Å². The number of nitriles is 1. The number of hydrogen-bond acceptors (Lipinski definition) is 11. The first-order valence-corrected chi connectivity index (χ1v) is 12.7. The lowest BCUT2D eigenvalue weighted by molar-refractivity contribution is -0.136. The van der Waals surface area contributed by atoms with Gasteiger partial charge < -0.3 is 20.3 Å². The fourth-order valence-electron chi connectivity index (χ4n) is 4.58. The van der Waals surface area contributed by atoms with Crippen LogP contribution in [0.4, 0.5) is 5.13 Å². The van der Waals surface area contributed by atoms with E-state index in [0.717, 1.165) is 6.42 Å². The quantitative estimate of drug-likeness (QED) is 0.381. The van der Waals surface area contributed by atoms with Crippen LogP contribution >= 0.6 is 23.7 Å². The van der Waals surface area contributed by atoms with Gasteiger partial charge in [0.15, 0.2) is 0 Å². The van der Waals surface area contributed by atoms with Gasteiger partial charge in [0.1, 0.15) is 12.6 Å². The number of carbonyl (C=O) groups excluding carboxylic acids is 3. The highest BCUT2D eigenvalue weighted by atomic mass is 35.5. The van der Waals surface area contributed by atoms with Gasteiger partial charge in [0.2, 0.25) is 16.9 Å². The summed E-state index contributed by atoms with van der Waals surface area (Å²) >= 11 is 0.615. The minimum atomic E-state index is -4.25. The summed E-state index contributed by atoms with van der Waals surface area (Å²) in [7, 11) is -4.25. The summed E-state index contributed by atoms with van der Waals surface area (Å²) < 4.78 is 31.6. The maximum absolute atomic E-state index is 12.8. The first-order chi connectivity index (χ1) is 15.7. The molecule has 13 nitrogen and oxygen atoms in total. The van der Waals surface area contributed by atoms with Gasteiger partial charge in [-0.25, -0.2) is 4.72 Å². The van der Waals surface area contributed by atoms with Gasteiger partial charge >= 0.3 is 0 Å². The van der Waals surface area contributed by atoms with Crippen LogP contribution in [0.3, 0.4) is 0 Å². The molecule has 186 valence electrons. The Hall–Kier alpha value is -2.38. The molecule has 3 fully saturated rings. The van der Waals surface area contributed by atoms with E-state index in [1.165, 1.54) is 6.92 Å². The first kappa shape index (κ1) is 26.2. The van der Waals surface area contributed by atoms with E-state index >= 15 is 0 Å². The van der Waals surface area contributed by atoms with Gasteiger partial charge in [0.05, 0.1) is 18.2 Å². The second kappa shape index (κ2) is 10.5. The highest BCUT2D eigenvalue weighted by molar-refractivity contribution is 7.92. The van der Waals surface area contributed by atoms with Crippen molar-refractivity contribution in [1.29, 1.82) is 5.26 Å². The molecule has 1 saturated carbocycles.